The van der Waals surface area contributed by atoms with Gasteiger partial charge in [0.05, 0.1) is 38.1 Å². The Morgan fingerprint density at radius 3 is 2.59 bits per heavy atom. The average molecular weight is 368 g/mol. The van der Waals surface area contributed by atoms with Crippen LogP contribution in [0.2, 0.25) is 0 Å². The predicted molar refractivity (Wildman–Crippen MR) is 105 cm³/mol. The molecule has 0 radical (unpaired) electrons. The number of carbonyl (C=O) groups excluding carboxylic acids is 2. The fourth-order valence-electron chi connectivity index (χ4n) is 3.16. The third kappa shape index (κ3) is 4.65. The molecule has 0 aliphatic carbocycles. The largest absolute Gasteiger partial charge is 0.496 e. The van der Waals surface area contributed by atoms with Crippen molar-refractivity contribution in [2.75, 3.05) is 43.6 Å². The first kappa shape index (κ1) is 18.9. The van der Waals surface area contributed by atoms with Crippen molar-refractivity contribution in [3.63, 3.8) is 0 Å². The van der Waals surface area contributed by atoms with Gasteiger partial charge in [-0.25, -0.2) is 0 Å². The number of nitrogens with one attached hydrogen (secondary N) is 1. The Bertz CT molecular complexity index is 829. The molecule has 0 unspecified atom stereocenters. The summed E-state index contributed by atoms with van der Waals surface area (Å²) in [6, 6.07) is 12.9. The number of hydrogen-bond acceptors (Lipinski definition) is 5. The maximum atomic E-state index is 12.7. The van der Waals surface area contributed by atoms with Gasteiger partial charge in [0.1, 0.15) is 5.75 Å². The molecule has 2 aromatic carbocycles. The zero-order valence-electron chi connectivity index (χ0n) is 15.7. The van der Waals surface area contributed by atoms with Gasteiger partial charge in [-0.3, -0.25) is 9.59 Å². The van der Waals surface area contributed by atoms with Crippen LogP contribution in [0.15, 0.2) is 42.5 Å². The number of morpholine rings is 1. The number of methoxy groups -OCH3 is 1. The van der Waals surface area contributed by atoms with Gasteiger partial charge in [-0.15, -0.1) is 0 Å². The second-order valence-corrected chi connectivity index (χ2v) is 6.42. The van der Waals surface area contributed by atoms with E-state index in [1.807, 2.05) is 24.3 Å². The Kier molecular flexibility index (Phi) is 6.08. The van der Waals surface area contributed by atoms with E-state index in [2.05, 4.69) is 10.2 Å². The number of hydrogen-bond donors (Lipinski definition) is 1. The summed E-state index contributed by atoms with van der Waals surface area (Å²) in [5.74, 6) is 0.392. The van der Waals surface area contributed by atoms with Gasteiger partial charge in [0.2, 0.25) is 5.91 Å². The van der Waals surface area contributed by atoms with E-state index < -0.39 is 0 Å². The zero-order valence-corrected chi connectivity index (χ0v) is 15.7. The van der Waals surface area contributed by atoms with Crippen LogP contribution >= 0.6 is 0 Å². The number of nitrogens with zero attached hydrogens (tertiary/aromatic N) is 1. The van der Waals surface area contributed by atoms with Crippen molar-refractivity contribution in [1.29, 1.82) is 0 Å². The maximum absolute atomic E-state index is 12.7. The van der Waals surface area contributed by atoms with Crippen molar-refractivity contribution in [1.82, 2.24) is 0 Å². The molecule has 1 saturated heterocycles. The highest BCUT2D eigenvalue weighted by molar-refractivity contribution is 5.97. The second kappa shape index (κ2) is 8.68. The molecule has 1 aliphatic heterocycles. The summed E-state index contributed by atoms with van der Waals surface area (Å²) in [6.07, 6.45) is 0.127. The molecule has 27 heavy (non-hydrogen) atoms. The molecule has 1 N–H and O–H groups in total. The van der Waals surface area contributed by atoms with Crippen molar-refractivity contribution in [2.45, 2.75) is 13.3 Å². The van der Waals surface area contributed by atoms with Crippen LogP contribution in [0.3, 0.4) is 0 Å². The fourth-order valence-corrected chi connectivity index (χ4v) is 3.16. The van der Waals surface area contributed by atoms with Crippen LogP contribution in [0.25, 0.3) is 0 Å². The maximum Gasteiger partial charge on any atom is 0.228 e. The molecule has 1 amide bonds. The quantitative estimate of drug-likeness (QED) is 0.794. The van der Waals surface area contributed by atoms with E-state index in [4.69, 9.17) is 9.47 Å². The molecule has 0 spiro atoms. The SMILES string of the molecule is COc1ccc(C(C)=O)cc1CC(=O)Nc1ccccc1N1CCOCC1. The molecule has 0 aromatic heterocycles. The summed E-state index contributed by atoms with van der Waals surface area (Å²) in [4.78, 5) is 26.5. The zero-order chi connectivity index (χ0) is 19.2. The number of carbonyl (C=O) groups is 2. The van der Waals surface area contributed by atoms with Crippen LogP contribution in [0.4, 0.5) is 11.4 Å². The Hall–Kier alpha value is -2.86. The van der Waals surface area contributed by atoms with E-state index in [0.29, 0.717) is 30.1 Å². The number of benzene rings is 2. The Labute approximate surface area is 159 Å². The smallest absolute Gasteiger partial charge is 0.228 e. The molecular formula is C21H24N2O4. The molecule has 3 rings (SSSR count). The van der Waals surface area contributed by atoms with E-state index >= 15 is 0 Å². The Morgan fingerprint density at radius 1 is 1.15 bits per heavy atom. The number of ketones is 1. The first-order valence-corrected chi connectivity index (χ1v) is 8.98. The highest BCUT2D eigenvalue weighted by atomic mass is 16.5. The van der Waals surface area contributed by atoms with E-state index in [-0.39, 0.29) is 18.1 Å². The van der Waals surface area contributed by atoms with E-state index in [1.54, 1.807) is 25.3 Å². The molecule has 0 bridgehead atoms. The highest BCUT2D eigenvalue weighted by Crippen LogP contribution is 2.27. The van der Waals surface area contributed by atoms with Gasteiger partial charge in [0.15, 0.2) is 5.78 Å². The van der Waals surface area contributed by atoms with Gasteiger partial charge < -0.3 is 19.7 Å². The van der Waals surface area contributed by atoms with E-state index in [0.717, 1.165) is 24.5 Å². The van der Waals surface area contributed by atoms with Crippen LogP contribution < -0.4 is 15.0 Å². The highest BCUT2D eigenvalue weighted by Gasteiger charge is 2.17. The Morgan fingerprint density at radius 2 is 1.89 bits per heavy atom. The van der Waals surface area contributed by atoms with Crippen LogP contribution in [0.1, 0.15) is 22.8 Å². The summed E-state index contributed by atoms with van der Waals surface area (Å²) in [7, 11) is 1.55. The van der Waals surface area contributed by atoms with Crippen molar-refractivity contribution >= 4 is 23.1 Å². The van der Waals surface area contributed by atoms with Gasteiger partial charge >= 0.3 is 0 Å². The lowest BCUT2D eigenvalue weighted by Gasteiger charge is -2.30. The number of anilines is 2. The molecule has 0 saturated carbocycles. The minimum atomic E-state index is -0.158. The topological polar surface area (TPSA) is 67.9 Å². The minimum absolute atomic E-state index is 0.0445. The summed E-state index contributed by atoms with van der Waals surface area (Å²) < 4.78 is 10.7. The average Bonchev–Trinajstić information content (AvgIpc) is 2.69. The van der Waals surface area contributed by atoms with Crippen molar-refractivity contribution in [2.24, 2.45) is 0 Å². The van der Waals surface area contributed by atoms with E-state index in [9.17, 15) is 9.59 Å². The Balaban J connectivity index is 1.77. The molecule has 1 aliphatic rings. The van der Waals surface area contributed by atoms with Gasteiger partial charge in [-0.05, 0) is 37.3 Å². The van der Waals surface area contributed by atoms with Crippen molar-refractivity contribution < 1.29 is 19.1 Å². The molecule has 2 aromatic rings. The first-order valence-electron chi connectivity index (χ1n) is 8.98. The lowest BCUT2D eigenvalue weighted by Crippen LogP contribution is -2.36. The summed E-state index contributed by atoms with van der Waals surface area (Å²) in [5, 5.41) is 2.99. The lowest BCUT2D eigenvalue weighted by molar-refractivity contribution is -0.115. The van der Waals surface area contributed by atoms with Crippen molar-refractivity contribution in [3.8, 4) is 5.75 Å². The molecule has 142 valence electrons. The van der Waals surface area contributed by atoms with Gasteiger partial charge in [0.25, 0.3) is 0 Å². The third-order valence-corrected chi connectivity index (χ3v) is 4.57. The number of para-hydroxylation sites is 2. The van der Waals surface area contributed by atoms with Crippen LogP contribution in [0, 0.1) is 0 Å². The van der Waals surface area contributed by atoms with Gasteiger partial charge in [0, 0.05) is 24.2 Å². The molecule has 6 heteroatoms. The van der Waals surface area contributed by atoms with Gasteiger partial charge in [-0.2, -0.15) is 0 Å². The lowest BCUT2D eigenvalue weighted by atomic mass is 10.0. The molecule has 0 atom stereocenters. The van der Waals surface area contributed by atoms with E-state index in [1.165, 1.54) is 6.92 Å². The number of ether oxygens (including phenoxy) is 2. The van der Waals surface area contributed by atoms with Crippen LogP contribution in [-0.2, 0) is 16.0 Å². The normalized spacial score (nSPS) is 13.9. The van der Waals surface area contributed by atoms with Crippen LogP contribution in [0.5, 0.6) is 5.75 Å². The number of Topliss-reactive ketones (excluding diaryl/α,β-unsaturated/α-hetero) is 1. The number of rotatable bonds is 6. The summed E-state index contributed by atoms with van der Waals surface area (Å²) in [5.41, 5.74) is 3.00. The fraction of sp³-hybridized carbons (Fsp3) is 0.333. The summed E-state index contributed by atoms with van der Waals surface area (Å²) in [6.45, 7) is 4.45. The monoisotopic (exact) mass is 368 g/mol. The van der Waals surface area contributed by atoms with Crippen molar-refractivity contribution in [3.05, 3.63) is 53.6 Å². The molecular weight excluding hydrogens is 344 g/mol. The second-order valence-electron chi connectivity index (χ2n) is 6.42. The molecule has 1 fully saturated rings. The third-order valence-electron chi connectivity index (χ3n) is 4.57. The van der Waals surface area contributed by atoms with Gasteiger partial charge in [-0.1, -0.05) is 12.1 Å². The number of amides is 1. The van der Waals surface area contributed by atoms with Crippen LogP contribution in [-0.4, -0.2) is 45.1 Å². The molecule has 1 heterocycles. The standard InChI is InChI=1S/C21H24N2O4/c1-15(24)16-7-8-20(26-2)17(13-16)14-21(25)22-18-5-3-4-6-19(18)23-9-11-27-12-10-23/h3-8,13H,9-12,14H2,1-2H3,(H,22,25). The first-order chi connectivity index (χ1) is 13.1. The molecule has 6 nitrogen and oxygen atoms in total. The summed E-state index contributed by atoms with van der Waals surface area (Å²) >= 11 is 0. The predicted octanol–water partition coefficient (Wildman–Crippen LogP) is 2.92. The minimum Gasteiger partial charge on any atom is -0.496 e.